The van der Waals surface area contributed by atoms with Crippen molar-refractivity contribution in [1.29, 1.82) is 0 Å². The van der Waals surface area contributed by atoms with Crippen LogP contribution in [-0.2, 0) is 14.3 Å². The Bertz CT molecular complexity index is 878. The van der Waals surface area contributed by atoms with Gasteiger partial charge in [0.05, 0.1) is 25.4 Å². The second-order valence-electron chi connectivity index (χ2n) is 18.2. The number of ether oxygens (including phenoxy) is 1. The van der Waals surface area contributed by atoms with Crippen LogP contribution in [0.3, 0.4) is 0 Å². The molecule has 0 saturated carbocycles. The van der Waals surface area contributed by atoms with Crippen LogP contribution in [0.25, 0.3) is 0 Å². The smallest absolute Gasteiger partial charge is 0.305 e. The Balaban J connectivity index is 3.42. The maximum atomic E-state index is 12.4. The van der Waals surface area contributed by atoms with Crippen LogP contribution in [0.15, 0.2) is 12.2 Å². The zero-order chi connectivity index (χ0) is 43.0. The highest BCUT2D eigenvalue weighted by Gasteiger charge is 2.20. The van der Waals surface area contributed by atoms with E-state index < -0.39 is 12.1 Å². The Labute approximate surface area is 368 Å². The molecule has 0 aromatic heterocycles. The van der Waals surface area contributed by atoms with E-state index in [9.17, 15) is 19.8 Å². The van der Waals surface area contributed by atoms with Gasteiger partial charge in [0.15, 0.2) is 0 Å². The van der Waals surface area contributed by atoms with Crippen molar-refractivity contribution in [1.82, 2.24) is 5.32 Å². The number of carbonyl (C=O) groups excluding carboxylic acids is 2. The quantitative estimate of drug-likeness (QED) is 0.0322. The number of rotatable bonds is 49. The van der Waals surface area contributed by atoms with E-state index in [0.29, 0.717) is 25.9 Å². The minimum absolute atomic E-state index is 0.00463. The van der Waals surface area contributed by atoms with Crippen molar-refractivity contribution in [2.24, 2.45) is 0 Å². The molecule has 2 unspecified atom stereocenters. The third-order valence-corrected chi connectivity index (χ3v) is 12.3. The van der Waals surface area contributed by atoms with Crippen molar-refractivity contribution >= 4 is 11.9 Å². The lowest BCUT2D eigenvalue weighted by molar-refractivity contribution is -0.143. The van der Waals surface area contributed by atoms with E-state index >= 15 is 0 Å². The van der Waals surface area contributed by atoms with Crippen molar-refractivity contribution in [2.45, 2.75) is 302 Å². The lowest BCUT2D eigenvalue weighted by atomic mass is 10.0. The van der Waals surface area contributed by atoms with Crippen LogP contribution in [-0.4, -0.2) is 47.4 Å². The molecule has 0 saturated heterocycles. The molecule has 0 aliphatic rings. The molecule has 0 aromatic rings. The molecule has 3 N–H and O–H groups in total. The molecule has 0 aromatic carbocycles. The van der Waals surface area contributed by atoms with Gasteiger partial charge in [0, 0.05) is 12.8 Å². The van der Waals surface area contributed by atoms with E-state index in [0.717, 1.165) is 44.9 Å². The molecule has 6 heteroatoms. The summed E-state index contributed by atoms with van der Waals surface area (Å²) < 4.78 is 5.46. The SMILES string of the molecule is CCCCCCCCCCCCCCC(=O)OCCCCCCCCCC/C=C\CCCCCCCCCC(=O)NC(CO)C(O)CCCCCCCCCCCCC. The van der Waals surface area contributed by atoms with Crippen LogP contribution in [0.4, 0.5) is 0 Å². The van der Waals surface area contributed by atoms with Crippen LogP contribution < -0.4 is 5.32 Å². The fourth-order valence-electron chi connectivity index (χ4n) is 8.22. The number of hydrogen-bond donors (Lipinski definition) is 3. The summed E-state index contributed by atoms with van der Waals surface area (Å²) in [7, 11) is 0. The van der Waals surface area contributed by atoms with Crippen molar-refractivity contribution in [3.8, 4) is 0 Å². The molecular weight excluding hydrogens is 731 g/mol. The Morgan fingerprint density at radius 1 is 0.458 bits per heavy atom. The highest BCUT2D eigenvalue weighted by atomic mass is 16.5. The molecule has 0 bridgehead atoms. The maximum Gasteiger partial charge on any atom is 0.305 e. The number of hydrogen-bond acceptors (Lipinski definition) is 5. The summed E-state index contributed by atoms with van der Waals surface area (Å²) in [5.74, 6) is -0.0405. The molecular formula is C53H103NO5. The minimum atomic E-state index is -0.668. The molecule has 0 aliphatic heterocycles. The topological polar surface area (TPSA) is 95.9 Å². The summed E-state index contributed by atoms with van der Waals surface area (Å²) in [5.41, 5.74) is 0. The van der Waals surface area contributed by atoms with Crippen molar-refractivity contribution in [3.63, 3.8) is 0 Å². The van der Waals surface area contributed by atoms with Gasteiger partial charge in [0.1, 0.15) is 0 Å². The molecule has 0 spiro atoms. The number of carbonyl (C=O) groups is 2. The second kappa shape index (κ2) is 49.3. The molecule has 0 rings (SSSR count). The van der Waals surface area contributed by atoms with Gasteiger partial charge in [0.25, 0.3) is 0 Å². The second-order valence-corrected chi connectivity index (χ2v) is 18.2. The summed E-state index contributed by atoms with van der Waals surface area (Å²) in [5, 5.41) is 23.1. The number of allylic oxidation sites excluding steroid dienone is 2. The first-order valence-corrected chi connectivity index (χ1v) is 26.4. The molecule has 0 radical (unpaired) electrons. The molecule has 2 atom stereocenters. The van der Waals surface area contributed by atoms with E-state index in [1.807, 2.05) is 0 Å². The van der Waals surface area contributed by atoms with Crippen LogP contribution in [0.1, 0.15) is 290 Å². The number of amides is 1. The van der Waals surface area contributed by atoms with Crippen molar-refractivity contribution in [2.75, 3.05) is 13.2 Å². The van der Waals surface area contributed by atoms with Gasteiger partial charge >= 0.3 is 5.97 Å². The Kier molecular flexibility index (Phi) is 48.1. The number of aliphatic hydroxyl groups is 2. The Morgan fingerprint density at radius 2 is 0.797 bits per heavy atom. The highest BCUT2D eigenvalue weighted by Crippen LogP contribution is 2.16. The zero-order valence-corrected chi connectivity index (χ0v) is 39.7. The first-order chi connectivity index (χ1) is 29.0. The van der Waals surface area contributed by atoms with E-state index in [4.69, 9.17) is 4.74 Å². The third kappa shape index (κ3) is 45.9. The van der Waals surface area contributed by atoms with Crippen LogP contribution in [0.5, 0.6) is 0 Å². The zero-order valence-electron chi connectivity index (χ0n) is 39.7. The van der Waals surface area contributed by atoms with Crippen molar-refractivity contribution < 1.29 is 24.5 Å². The summed E-state index contributed by atoms with van der Waals surface area (Å²) in [4.78, 5) is 24.4. The monoisotopic (exact) mass is 834 g/mol. The fraction of sp³-hybridized carbons (Fsp3) is 0.925. The van der Waals surface area contributed by atoms with Gasteiger partial charge in [-0.05, 0) is 51.4 Å². The predicted molar refractivity (Wildman–Crippen MR) is 255 cm³/mol. The normalized spacial score (nSPS) is 12.7. The van der Waals surface area contributed by atoms with Gasteiger partial charge in [-0.25, -0.2) is 0 Å². The average molecular weight is 834 g/mol. The summed E-state index contributed by atoms with van der Waals surface area (Å²) in [6.07, 6.45) is 56.2. The van der Waals surface area contributed by atoms with E-state index in [2.05, 4.69) is 31.3 Å². The molecule has 1 amide bonds. The average Bonchev–Trinajstić information content (AvgIpc) is 3.24. The van der Waals surface area contributed by atoms with Gasteiger partial charge in [0.2, 0.25) is 5.91 Å². The van der Waals surface area contributed by atoms with Gasteiger partial charge in [-0.2, -0.15) is 0 Å². The van der Waals surface area contributed by atoms with Crippen LogP contribution in [0, 0.1) is 0 Å². The summed E-state index contributed by atoms with van der Waals surface area (Å²) in [6, 6.07) is -0.546. The number of unbranched alkanes of at least 4 members (excludes halogenated alkanes) is 36. The van der Waals surface area contributed by atoms with Crippen LogP contribution in [0.2, 0.25) is 0 Å². The Hall–Kier alpha value is -1.40. The lowest BCUT2D eigenvalue weighted by Gasteiger charge is -2.22. The van der Waals surface area contributed by atoms with Gasteiger partial charge in [-0.1, -0.05) is 238 Å². The third-order valence-electron chi connectivity index (χ3n) is 12.3. The molecule has 59 heavy (non-hydrogen) atoms. The van der Waals surface area contributed by atoms with E-state index in [1.54, 1.807) is 0 Å². The standard InChI is InChI=1S/C53H103NO5/c1-3-5-7-9-11-13-15-27-31-35-39-43-47-53(58)59-48-44-40-36-32-28-24-22-20-18-16-17-19-21-23-26-30-34-38-42-46-52(57)54-50(49-55)51(56)45-41-37-33-29-25-14-12-10-8-6-4-2/h16-17,50-51,55-56H,3-15,18-49H2,1-2H3,(H,54,57)/b17-16-. The van der Waals surface area contributed by atoms with E-state index in [-0.39, 0.29) is 18.5 Å². The molecule has 6 nitrogen and oxygen atoms in total. The lowest BCUT2D eigenvalue weighted by Crippen LogP contribution is -2.45. The summed E-state index contributed by atoms with van der Waals surface area (Å²) in [6.45, 7) is 4.93. The Morgan fingerprint density at radius 3 is 1.20 bits per heavy atom. The van der Waals surface area contributed by atoms with Gasteiger partial charge in [-0.3, -0.25) is 9.59 Å². The number of esters is 1. The first kappa shape index (κ1) is 57.6. The maximum absolute atomic E-state index is 12.4. The molecule has 0 fully saturated rings. The van der Waals surface area contributed by atoms with Crippen LogP contribution >= 0.6 is 0 Å². The first-order valence-electron chi connectivity index (χ1n) is 26.4. The number of aliphatic hydroxyl groups excluding tert-OH is 2. The number of nitrogens with one attached hydrogen (secondary N) is 1. The van der Waals surface area contributed by atoms with E-state index in [1.165, 1.54) is 212 Å². The summed E-state index contributed by atoms with van der Waals surface area (Å²) >= 11 is 0. The molecule has 0 aliphatic carbocycles. The highest BCUT2D eigenvalue weighted by molar-refractivity contribution is 5.76. The molecule has 350 valence electrons. The van der Waals surface area contributed by atoms with Gasteiger partial charge < -0.3 is 20.3 Å². The fourth-order valence-corrected chi connectivity index (χ4v) is 8.22. The van der Waals surface area contributed by atoms with Gasteiger partial charge in [-0.15, -0.1) is 0 Å². The largest absolute Gasteiger partial charge is 0.466 e. The van der Waals surface area contributed by atoms with Crippen molar-refractivity contribution in [3.05, 3.63) is 12.2 Å². The predicted octanol–water partition coefficient (Wildman–Crippen LogP) is 15.7. The molecule has 0 heterocycles. The minimum Gasteiger partial charge on any atom is -0.466 e.